The molecule has 1 fully saturated rings. The van der Waals surface area contributed by atoms with E-state index in [4.69, 9.17) is 0 Å². The van der Waals surface area contributed by atoms with Gasteiger partial charge in [0.05, 0.1) is 11.1 Å². The minimum absolute atomic E-state index is 0. The number of piperazine rings is 1. The summed E-state index contributed by atoms with van der Waals surface area (Å²) in [6, 6.07) is 10.3. The lowest BCUT2D eigenvalue weighted by Gasteiger charge is -2.42. The Hall–Kier alpha value is -2.86. The van der Waals surface area contributed by atoms with Crippen molar-refractivity contribution in [1.29, 1.82) is 0 Å². The average molecular weight is 652 g/mol. The number of hydrogen-bond acceptors (Lipinski definition) is 4. The lowest BCUT2D eigenvalue weighted by molar-refractivity contribution is -0.143. The number of carbonyl (C=O) groups excluding carboxylic acids is 1. The number of benzene rings is 2. The van der Waals surface area contributed by atoms with Gasteiger partial charge in [0.15, 0.2) is 0 Å². The number of alkyl halides is 6. The molecule has 2 aromatic carbocycles. The van der Waals surface area contributed by atoms with Gasteiger partial charge in [0.2, 0.25) is 0 Å². The van der Waals surface area contributed by atoms with Gasteiger partial charge in [-0.3, -0.25) is 14.7 Å². The van der Waals surface area contributed by atoms with E-state index in [0.29, 0.717) is 51.3 Å². The van der Waals surface area contributed by atoms with Crippen LogP contribution in [-0.2, 0) is 25.3 Å². The lowest BCUT2D eigenvalue weighted by atomic mass is 9.97. The van der Waals surface area contributed by atoms with Crippen molar-refractivity contribution in [1.82, 2.24) is 20.1 Å². The molecule has 2 heterocycles. The van der Waals surface area contributed by atoms with Gasteiger partial charge >= 0.3 is 12.4 Å². The standard InChI is InChI=1S/C30H32F6N4O.2ClH/c1-20-5-6-22(12-21(20)2)13-27-19-39(9-8-38-18-23-4-3-7-37-17-23)10-11-40(27)28(41)24-14-25(29(31,32)33)16-26(15-24)30(34,35)36;;/h3-7,12,14-17,27,38H,8-11,13,18-19H2,1-2H3;2*1H/t27-;;/m1../s1. The maximum atomic E-state index is 13.6. The van der Waals surface area contributed by atoms with Gasteiger partial charge in [-0.1, -0.05) is 24.3 Å². The number of aryl methyl sites for hydroxylation is 2. The highest BCUT2D eigenvalue weighted by atomic mass is 35.5. The van der Waals surface area contributed by atoms with E-state index in [1.165, 1.54) is 4.90 Å². The number of amides is 1. The van der Waals surface area contributed by atoms with E-state index < -0.39 is 41.0 Å². The molecule has 0 aliphatic carbocycles. The molecule has 0 saturated carbocycles. The summed E-state index contributed by atoms with van der Waals surface area (Å²) >= 11 is 0. The molecule has 3 aromatic rings. The molecule has 5 nitrogen and oxygen atoms in total. The van der Waals surface area contributed by atoms with Crippen LogP contribution in [-0.4, -0.2) is 59.5 Å². The van der Waals surface area contributed by atoms with Gasteiger partial charge in [-0.15, -0.1) is 24.8 Å². The summed E-state index contributed by atoms with van der Waals surface area (Å²) in [5.74, 6) is -0.843. The quantitative estimate of drug-likeness (QED) is 0.217. The van der Waals surface area contributed by atoms with E-state index in [-0.39, 0.29) is 37.4 Å². The SMILES string of the molecule is Cc1ccc(C[C@@H]2CN(CCNCc3cccnc3)CCN2C(=O)c2cc(C(F)(F)F)cc(C(F)(F)F)c2)cc1C.Cl.Cl. The second-order valence-corrected chi connectivity index (χ2v) is 10.4. The molecule has 0 radical (unpaired) electrons. The average Bonchev–Trinajstić information content (AvgIpc) is 2.92. The number of nitrogens with zero attached hydrogens (tertiary/aromatic N) is 3. The minimum Gasteiger partial charge on any atom is -0.333 e. The summed E-state index contributed by atoms with van der Waals surface area (Å²) in [6.45, 7) is 6.93. The molecule has 1 aliphatic rings. The molecule has 0 bridgehead atoms. The minimum atomic E-state index is -5.03. The molecule has 4 rings (SSSR count). The van der Waals surface area contributed by atoms with Gasteiger partial charge in [-0.05, 0) is 66.8 Å². The Morgan fingerprint density at radius 2 is 1.58 bits per heavy atom. The number of carbonyl (C=O) groups is 1. The molecular formula is C30H34Cl2F6N4O. The van der Waals surface area contributed by atoms with Crippen molar-refractivity contribution in [2.45, 2.75) is 45.2 Å². The van der Waals surface area contributed by atoms with Crippen LogP contribution in [0.2, 0.25) is 0 Å². The van der Waals surface area contributed by atoms with Crippen LogP contribution in [0.3, 0.4) is 0 Å². The van der Waals surface area contributed by atoms with Crippen LogP contribution in [0.1, 0.15) is 43.7 Å². The summed E-state index contributed by atoms with van der Waals surface area (Å²) in [5, 5.41) is 3.35. The van der Waals surface area contributed by atoms with Crippen LogP contribution < -0.4 is 5.32 Å². The second kappa shape index (κ2) is 15.2. The van der Waals surface area contributed by atoms with E-state index in [1.807, 2.05) is 44.2 Å². The highest BCUT2D eigenvalue weighted by molar-refractivity contribution is 5.95. The molecule has 1 atom stereocenters. The predicted octanol–water partition coefficient (Wildman–Crippen LogP) is 6.74. The summed E-state index contributed by atoms with van der Waals surface area (Å²) in [7, 11) is 0. The van der Waals surface area contributed by atoms with E-state index in [2.05, 4.69) is 15.2 Å². The number of nitrogens with one attached hydrogen (secondary N) is 1. The highest BCUT2D eigenvalue weighted by Crippen LogP contribution is 2.37. The Kier molecular flexibility index (Phi) is 12.9. The summed E-state index contributed by atoms with van der Waals surface area (Å²) in [6.07, 6.45) is -6.18. The molecule has 1 N–H and O–H groups in total. The Morgan fingerprint density at radius 1 is 0.907 bits per heavy atom. The molecule has 0 unspecified atom stereocenters. The molecule has 1 saturated heterocycles. The van der Waals surface area contributed by atoms with Crippen LogP contribution in [0.4, 0.5) is 26.3 Å². The van der Waals surface area contributed by atoms with Crippen molar-refractivity contribution in [2.75, 3.05) is 32.7 Å². The Bertz CT molecular complexity index is 1320. The molecule has 1 aromatic heterocycles. The zero-order valence-electron chi connectivity index (χ0n) is 23.6. The largest absolute Gasteiger partial charge is 0.416 e. The lowest BCUT2D eigenvalue weighted by Crippen LogP contribution is -2.56. The van der Waals surface area contributed by atoms with Gasteiger partial charge in [0, 0.05) is 63.3 Å². The smallest absolute Gasteiger partial charge is 0.333 e. The molecule has 0 spiro atoms. The predicted molar refractivity (Wildman–Crippen MR) is 158 cm³/mol. The zero-order valence-corrected chi connectivity index (χ0v) is 25.3. The first kappa shape index (κ1) is 36.3. The first-order valence-corrected chi connectivity index (χ1v) is 13.3. The summed E-state index contributed by atoms with van der Waals surface area (Å²) in [5.41, 5.74) is 0.501. The molecule has 236 valence electrons. The van der Waals surface area contributed by atoms with E-state index in [9.17, 15) is 31.1 Å². The number of aromatic nitrogens is 1. The van der Waals surface area contributed by atoms with Crippen molar-refractivity contribution >= 4 is 30.7 Å². The number of halogens is 8. The fourth-order valence-corrected chi connectivity index (χ4v) is 4.98. The van der Waals surface area contributed by atoms with E-state index >= 15 is 0 Å². The third-order valence-corrected chi connectivity index (χ3v) is 7.36. The van der Waals surface area contributed by atoms with Gasteiger partial charge in [-0.25, -0.2) is 0 Å². The zero-order chi connectivity index (χ0) is 29.8. The maximum absolute atomic E-state index is 13.6. The fourth-order valence-electron chi connectivity index (χ4n) is 4.98. The molecule has 1 amide bonds. The normalized spacial score (nSPS) is 15.9. The Morgan fingerprint density at radius 3 is 2.16 bits per heavy atom. The third-order valence-electron chi connectivity index (χ3n) is 7.36. The maximum Gasteiger partial charge on any atom is 0.416 e. The third kappa shape index (κ3) is 9.82. The van der Waals surface area contributed by atoms with Crippen LogP contribution in [0, 0.1) is 13.8 Å². The summed E-state index contributed by atoms with van der Waals surface area (Å²) < 4.78 is 80.9. The second-order valence-electron chi connectivity index (χ2n) is 10.4. The van der Waals surface area contributed by atoms with Crippen molar-refractivity contribution in [3.63, 3.8) is 0 Å². The van der Waals surface area contributed by atoms with Crippen LogP contribution in [0.5, 0.6) is 0 Å². The molecule has 13 heteroatoms. The van der Waals surface area contributed by atoms with E-state index in [0.717, 1.165) is 22.3 Å². The van der Waals surface area contributed by atoms with Crippen LogP contribution in [0.25, 0.3) is 0 Å². The van der Waals surface area contributed by atoms with Crippen molar-refractivity contribution in [3.05, 3.63) is 99.9 Å². The number of hydrogen-bond donors (Lipinski definition) is 1. The topological polar surface area (TPSA) is 48.5 Å². The van der Waals surface area contributed by atoms with Crippen molar-refractivity contribution < 1.29 is 31.1 Å². The van der Waals surface area contributed by atoms with Crippen LogP contribution in [0.15, 0.2) is 60.9 Å². The molecule has 43 heavy (non-hydrogen) atoms. The van der Waals surface area contributed by atoms with E-state index in [1.54, 1.807) is 12.4 Å². The first-order valence-electron chi connectivity index (χ1n) is 13.3. The monoisotopic (exact) mass is 650 g/mol. The number of rotatable bonds is 8. The highest BCUT2D eigenvalue weighted by Gasteiger charge is 2.39. The van der Waals surface area contributed by atoms with Gasteiger partial charge < -0.3 is 10.2 Å². The Balaban J connectivity index is 0.00000323. The number of pyridine rings is 1. The van der Waals surface area contributed by atoms with Crippen LogP contribution >= 0.6 is 24.8 Å². The molecular weight excluding hydrogens is 617 g/mol. The Labute approximate surface area is 259 Å². The fraction of sp³-hybridized carbons (Fsp3) is 0.400. The van der Waals surface area contributed by atoms with Crippen molar-refractivity contribution in [2.24, 2.45) is 0 Å². The summed E-state index contributed by atoms with van der Waals surface area (Å²) in [4.78, 5) is 21.2. The van der Waals surface area contributed by atoms with Gasteiger partial charge in [-0.2, -0.15) is 26.3 Å². The molecule has 1 aliphatic heterocycles. The van der Waals surface area contributed by atoms with Gasteiger partial charge in [0.25, 0.3) is 5.91 Å². The van der Waals surface area contributed by atoms with Crippen molar-refractivity contribution in [3.8, 4) is 0 Å². The van der Waals surface area contributed by atoms with Gasteiger partial charge in [0.1, 0.15) is 0 Å². The first-order chi connectivity index (χ1) is 19.3.